The molecule has 0 aliphatic carbocycles. The minimum Gasteiger partial charge on any atom is -0.381 e. The highest BCUT2D eigenvalue weighted by Gasteiger charge is 2.14. The van der Waals surface area contributed by atoms with E-state index in [1.807, 2.05) is 17.8 Å². The van der Waals surface area contributed by atoms with E-state index in [1.54, 1.807) is 0 Å². The van der Waals surface area contributed by atoms with Crippen molar-refractivity contribution in [2.75, 3.05) is 19.8 Å². The highest BCUT2D eigenvalue weighted by atomic mass is 127. The maximum absolute atomic E-state index is 6.04. The number of rotatable bonds is 8. The minimum absolute atomic E-state index is 0. The van der Waals surface area contributed by atoms with Crippen molar-refractivity contribution in [3.63, 3.8) is 0 Å². The van der Waals surface area contributed by atoms with E-state index in [-0.39, 0.29) is 24.0 Å². The van der Waals surface area contributed by atoms with Crippen molar-refractivity contribution < 1.29 is 9.47 Å². The van der Waals surface area contributed by atoms with Gasteiger partial charge in [-0.15, -0.1) is 24.0 Å². The minimum atomic E-state index is 0. The number of nitrogens with zero attached hydrogens (tertiary/aromatic N) is 2. The number of benzene rings is 1. The molecule has 29 heavy (non-hydrogen) atoms. The summed E-state index contributed by atoms with van der Waals surface area (Å²) in [6.45, 7) is 6.57. The third-order valence-electron chi connectivity index (χ3n) is 4.76. The molecule has 1 aliphatic heterocycles. The fourth-order valence-corrected chi connectivity index (χ4v) is 3.24. The molecule has 3 rings (SSSR count). The number of nitrogens with one attached hydrogen (secondary N) is 2. The molecule has 160 valence electrons. The Morgan fingerprint density at radius 2 is 1.97 bits per heavy atom. The predicted octanol–water partition coefficient (Wildman–Crippen LogP) is 3.59. The molecular weight excluding hydrogens is 479 g/mol. The molecule has 1 aromatic carbocycles. The monoisotopic (exact) mass is 512 g/mol. The maximum atomic E-state index is 6.04. The van der Waals surface area contributed by atoms with Crippen LogP contribution in [0.1, 0.15) is 36.5 Å². The highest BCUT2D eigenvalue weighted by molar-refractivity contribution is 14.0. The smallest absolute Gasteiger partial charge is 0.191 e. The molecular formula is C22H33IN4O2. The molecule has 0 bridgehead atoms. The summed E-state index contributed by atoms with van der Waals surface area (Å²) >= 11 is 0. The molecule has 0 saturated carbocycles. The lowest BCUT2D eigenvalue weighted by atomic mass is 10.1. The van der Waals surface area contributed by atoms with Crippen LogP contribution in [0.5, 0.6) is 0 Å². The molecule has 7 heteroatoms. The molecule has 2 N–H and O–H groups in total. The van der Waals surface area contributed by atoms with Gasteiger partial charge >= 0.3 is 0 Å². The molecule has 1 fully saturated rings. The lowest BCUT2D eigenvalue weighted by molar-refractivity contribution is -0.0390. The molecule has 0 spiro atoms. The lowest BCUT2D eigenvalue weighted by Gasteiger charge is -2.22. The van der Waals surface area contributed by atoms with Gasteiger partial charge in [-0.3, -0.25) is 0 Å². The van der Waals surface area contributed by atoms with Crippen LogP contribution in [0.25, 0.3) is 0 Å². The van der Waals surface area contributed by atoms with Crippen molar-refractivity contribution in [1.29, 1.82) is 0 Å². The van der Waals surface area contributed by atoms with Crippen LogP contribution in [0.3, 0.4) is 0 Å². The average molecular weight is 512 g/mol. The summed E-state index contributed by atoms with van der Waals surface area (Å²) in [5, 5.41) is 6.73. The standard InChI is InChI=1S/C22H32N4O2.HI/c1-3-23-22(25-15-20-7-10-26(2)16-20)24-14-18-5-4-6-19(13-18)17-28-21-8-11-27-12-9-21;/h4-7,10,13,16,21H,3,8-9,11-12,14-15,17H2,1-2H3,(H2,23,24,25);1H. The number of guanidine groups is 1. The Bertz CT molecular complexity index is 757. The van der Waals surface area contributed by atoms with E-state index >= 15 is 0 Å². The van der Waals surface area contributed by atoms with E-state index < -0.39 is 0 Å². The molecule has 1 aromatic heterocycles. The quantitative estimate of drug-likeness (QED) is 0.323. The van der Waals surface area contributed by atoms with Crippen molar-refractivity contribution >= 4 is 29.9 Å². The Morgan fingerprint density at radius 1 is 1.17 bits per heavy atom. The molecule has 6 nitrogen and oxygen atoms in total. The second-order valence-electron chi connectivity index (χ2n) is 7.18. The zero-order chi connectivity index (χ0) is 19.6. The summed E-state index contributed by atoms with van der Waals surface area (Å²) < 4.78 is 13.5. The van der Waals surface area contributed by atoms with Crippen molar-refractivity contribution in [2.24, 2.45) is 12.0 Å². The van der Waals surface area contributed by atoms with Gasteiger partial charge in [0.25, 0.3) is 0 Å². The first-order valence-corrected chi connectivity index (χ1v) is 10.1. The topological polar surface area (TPSA) is 59.8 Å². The molecule has 0 unspecified atom stereocenters. The van der Waals surface area contributed by atoms with Gasteiger partial charge in [-0.25, -0.2) is 4.99 Å². The van der Waals surface area contributed by atoms with E-state index in [4.69, 9.17) is 9.47 Å². The SMILES string of the molecule is CCNC(=NCc1ccn(C)c1)NCc1cccc(COC2CCOCC2)c1.I. The fraction of sp³-hybridized carbons (Fsp3) is 0.500. The number of halogens is 1. The van der Waals surface area contributed by atoms with Crippen molar-refractivity contribution in [2.45, 2.75) is 45.6 Å². The number of aromatic nitrogens is 1. The fourth-order valence-electron chi connectivity index (χ4n) is 3.24. The summed E-state index contributed by atoms with van der Waals surface area (Å²) in [7, 11) is 2.02. The van der Waals surface area contributed by atoms with Gasteiger partial charge < -0.3 is 24.7 Å². The van der Waals surface area contributed by atoms with Gasteiger partial charge in [0.1, 0.15) is 0 Å². The Labute approximate surface area is 191 Å². The normalized spacial score (nSPS) is 15.0. The van der Waals surface area contributed by atoms with E-state index in [1.165, 1.54) is 16.7 Å². The Balaban J connectivity index is 0.00000300. The first kappa shape index (κ1) is 23.7. The van der Waals surface area contributed by atoms with E-state index in [9.17, 15) is 0 Å². The average Bonchev–Trinajstić information content (AvgIpc) is 3.15. The molecule has 0 radical (unpaired) electrons. The first-order chi connectivity index (χ1) is 13.7. The molecule has 1 saturated heterocycles. The summed E-state index contributed by atoms with van der Waals surface area (Å²) in [5.41, 5.74) is 3.63. The Morgan fingerprint density at radius 3 is 2.69 bits per heavy atom. The van der Waals surface area contributed by atoms with Crippen LogP contribution >= 0.6 is 24.0 Å². The number of ether oxygens (including phenoxy) is 2. The van der Waals surface area contributed by atoms with Gasteiger partial charge in [0.2, 0.25) is 0 Å². The zero-order valence-electron chi connectivity index (χ0n) is 17.4. The number of hydrogen-bond donors (Lipinski definition) is 2. The lowest BCUT2D eigenvalue weighted by Crippen LogP contribution is -2.36. The van der Waals surface area contributed by atoms with Crippen LogP contribution in [0.4, 0.5) is 0 Å². The van der Waals surface area contributed by atoms with Gasteiger partial charge in [-0.1, -0.05) is 24.3 Å². The second kappa shape index (κ2) is 12.9. The summed E-state index contributed by atoms with van der Waals surface area (Å²) in [6.07, 6.45) is 6.44. The summed E-state index contributed by atoms with van der Waals surface area (Å²) in [5.74, 6) is 0.829. The van der Waals surface area contributed by atoms with Crippen molar-refractivity contribution in [3.05, 3.63) is 59.4 Å². The molecule has 2 heterocycles. The molecule has 2 aromatic rings. The third-order valence-corrected chi connectivity index (χ3v) is 4.76. The molecule has 1 aliphatic rings. The Kier molecular flexibility index (Phi) is 10.5. The molecule has 0 atom stereocenters. The summed E-state index contributed by atoms with van der Waals surface area (Å²) in [6, 6.07) is 10.6. The van der Waals surface area contributed by atoms with Crippen LogP contribution in [-0.2, 0) is 36.2 Å². The van der Waals surface area contributed by atoms with Gasteiger partial charge in [-0.05, 0) is 42.5 Å². The molecule has 0 amide bonds. The van der Waals surface area contributed by atoms with Crippen LogP contribution in [0.2, 0.25) is 0 Å². The van der Waals surface area contributed by atoms with Gasteiger partial charge in [0, 0.05) is 45.7 Å². The second-order valence-corrected chi connectivity index (χ2v) is 7.18. The summed E-state index contributed by atoms with van der Waals surface area (Å²) in [4.78, 5) is 4.68. The van der Waals surface area contributed by atoms with Gasteiger partial charge in [-0.2, -0.15) is 0 Å². The third kappa shape index (κ3) is 8.36. The van der Waals surface area contributed by atoms with Crippen LogP contribution in [0.15, 0.2) is 47.7 Å². The van der Waals surface area contributed by atoms with Crippen LogP contribution in [-0.4, -0.2) is 36.4 Å². The van der Waals surface area contributed by atoms with E-state index in [2.05, 4.69) is 59.1 Å². The number of aryl methyl sites for hydroxylation is 1. The van der Waals surface area contributed by atoms with E-state index in [0.717, 1.165) is 45.1 Å². The van der Waals surface area contributed by atoms with Crippen LogP contribution < -0.4 is 10.6 Å². The number of hydrogen-bond acceptors (Lipinski definition) is 3. The Hall–Kier alpha value is -1.58. The highest BCUT2D eigenvalue weighted by Crippen LogP contribution is 2.14. The van der Waals surface area contributed by atoms with Crippen LogP contribution in [0, 0.1) is 0 Å². The van der Waals surface area contributed by atoms with Crippen molar-refractivity contribution in [1.82, 2.24) is 15.2 Å². The maximum Gasteiger partial charge on any atom is 0.191 e. The van der Waals surface area contributed by atoms with Gasteiger partial charge in [0.05, 0.1) is 19.3 Å². The van der Waals surface area contributed by atoms with E-state index in [0.29, 0.717) is 19.3 Å². The van der Waals surface area contributed by atoms with Crippen molar-refractivity contribution in [3.8, 4) is 0 Å². The largest absolute Gasteiger partial charge is 0.381 e. The first-order valence-electron chi connectivity index (χ1n) is 10.1. The number of aliphatic imine (C=N–C) groups is 1. The van der Waals surface area contributed by atoms with Gasteiger partial charge in [0.15, 0.2) is 5.96 Å². The predicted molar refractivity (Wildman–Crippen MR) is 128 cm³/mol. The zero-order valence-corrected chi connectivity index (χ0v) is 19.7.